The molecule has 0 aromatic carbocycles. The van der Waals surface area contributed by atoms with Gasteiger partial charge in [0.2, 0.25) is 0 Å². The Kier molecular flexibility index (Phi) is 24.1. The summed E-state index contributed by atoms with van der Waals surface area (Å²) in [6.45, 7) is 7.90. The van der Waals surface area contributed by atoms with Gasteiger partial charge in [-0.3, -0.25) is 0 Å². The Bertz CT molecular complexity index is 32.3. The van der Waals surface area contributed by atoms with Gasteiger partial charge in [-0.15, -0.1) is 0 Å². The molecule has 0 unspecified atom stereocenters. The minimum absolute atomic E-state index is 1.32. The average Bonchev–Trinajstić information content (AvgIpc) is 1.75. The van der Waals surface area contributed by atoms with E-state index in [1.165, 1.54) is 12.3 Å². The van der Waals surface area contributed by atoms with Crippen LogP contribution in [0.5, 0.6) is 0 Å². The first kappa shape index (κ1) is 10.0. The number of hydrogen-bond donors (Lipinski definition) is 0. The van der Waals surface area contributed by atoms with E-state index in [1.54, 1.807) is 8.58 Å². The fourth-order valence-corrected chi connectivity index (χ4v) is 0.671. The van der Waals surface area contributed by atoms with E-state index >= 15 is 0 Å². The van der Waals surface area contributed by atoms with Crippen molar-refractivity contribution in [3.8, 4) is 6.57 Å². The van der Waals surface area contributed by atoms with Gasteiger partial charge in [0.15, 0.2) is 0 Å². The Labute approximate surface area is 47.5 Å². The number of nitriles is 1. The molecular weight excluding hydrogens is 105 g/mol. The molecule has 41 valence electrons. The quantitative estimate of drug-likeness (QED) is 0.507. The standard InChI is InChI=1S/C4H10P.CHN/c1-3-5-4-2;1-2/h3-4H2,1-2H3;1H. The molecule has 0 amide bonds. The molecule has 0 saturated carbocycles. The number of nitrogens with zero attached hydrogens (tertiary/aromatic N) is 1. The highest BCUT2D eigenvalue weighted by molar-refractivity contribution is 7.37. The summed E-state index contributed by atoms with van der Waals surface area (Å²) in [5.74, 6) is 0. The van der Waals surface area contributed by atoms with Crippen LogP contribution in [0.4, 0.5) is 0 Å². The van der Waals surface area contributed by atoms with Crippen molar-refractivity contribution in [2.75, 3.05) is 12.3 Å². The van der Waals surface area contributed by atoms with Gasteiger partial charge in [0.1, 0.15) is 0 Å². The molecule has 0 atom stereocenters. The van der Waals surface area contributed by atoms with E-state index in [0.29, 0.717) is 0 Å². The topological polar surface area (TPSA) is 23.8 Å². The fraction of sp³-hybridized carbons (Fsp3) is 0.800. The molecule has 0 aromatic rings. The van der Waals surface area contributed by atoms with E-state index in [4.69, 9.17) is 5.26 Å². The van der Waals surface area contributed by atoms with Crippen LogP contribution in [0.1, 0.15) is 13.8 Å². The minimum Gasteiger partial charge on any atom is -0.202 e. The first-order valence-electron chi connectivity index (χ1n) is 2.30. The summed E-state index contributed by atoms with van der Waals surface area (Å²) in [5.41, 5.74) is 0. The Balaban J connectivity index is 0. The molecule has 7 heavy (non-hydrogen) atoms. The lowest BCUT2D eigenvalue weighted by atomic mass is 11.0. The van der Waals surface area contributed by atoms with Gasteiger partial charge in [-0.25, -0.2) is 5.26 Å². The molecule has 0 aliphatic carbocycles. The molecule has 0 rings (SSSR count). The molecule has 0 aromatic heterocycles. The Morgan fingerprint density at radius 1 is 1.29 bits per heavy atom. The highest BCUT2D eigenvalue weighted by atomic mass is 31.1. The highest BCUT2D eigenvalue weighted by Crippen LogP contribution is 2.03. The lowest BCUT2D eigenvalue weighted by molar-refractivity contribution is 1.44. The molecular formula is C5H11NP. The van der Waals surface area contributed by atoms with E-state index in [9.17, 15) is 0 Å². The second-order valence-corrected chi connectivity index (χ2v) is 2.57. The third kappa shape index (κ3) is 24.7. The summed E-state index contributed by atoms with van der Waals surface area (Å²) in [6, 6.07) is 0. The molecule has 0 aliphatic rings. The lowest BCUT2D eigenvalue weighted by Gasteiger charge is -1.78. The smallest absolute Gasteiger partial charge is 0.0462 e. The Morgan fingerprint density at radius 3 is 1.57 bits per heavy atom. The SMILES string of the molecule is C#N.CC[P]CC. The summed E-state index contributed by atoms with van der Waals surface area (Å²) in [5, 5.41) is 6.50. The Morgan fingerprint density at radius 2 is 1.57 bits per heavy atom. The largest absolute Gasteiger partial charge is 0.202 e. The molecule has 1 radical (unpaired) electrons. The Hall–Kier alpha value is -0.0800. The fourth-order valence-electron chi connectivity index (χ4n) is 0.224. The second-order valence-electron chi connectivity index (χ2n) is 0.856. The van der Waals surface area contributed by atoms with Crippen molar-refractivity contribution in [3.05, 3.63) is 0 Å². The van der Waals surface area contributed by atoms with E-state index < -0.39 is 0 Å². The van der Waals surface area contributed by atoms with Crippen molar-refractivity contribution in [2.24, 2.45) is 0 Å². The molecule has 0 heterocycles. The first-order chi connectivity index (χ1) is 3.41. The second kappa shape index (κ2) is 16.8. The van der Waals surface area contributed by atoms with Crippen LogP contribution >= 0.6 is 8.58 Å². The predicted octanol–water partition coefficient (Wildman–Crippen LogP) is 2.11. The van der Waals surface area contributed by atoms with E-state index in [2.05, 4.69) is 20.4 Å². The van der Waals surface area contributed by atoms with Crippen molar-refractivity contribution >= 4 is 8.58 Å². The highest BCUT2D eigenvalue weighted by Gasteiger charge is 1.68. The van der Waals surface area contributed by atoms with Crippen LogP contribution in [0, 0.1) is 11.8 Å². The van der Waals surface area contributed by atoms with Crippen molar-refractivity contribution in [1.29, 1.82) is 5.26 Å². The molecule has 0 spiro atoms. The van der Waals surface area contributed by atoms with E-state index in [-0.39, 0.29) is 0 Å². The molecule has 2 heteroatoms. The summed E-state index contributed by atoms with van der Waals surface area (Å²) in [7, 11) is 1.58. The summed E-state index contributed by atoms with van der Waals surface area (Å²) < 4.78 is 0. The van der Waals surface area contributed by atoms with Gasteiger partial charge < -0.3 is 0 Å². The molecule has 0 N–H and O–H groups in total. The maximum Gasteiger partial charge on any atom is 0.0462 e. The van der Waals surface area contributed by atoms with Crippen LogP contribution in [-0.2, 0) is 0 Å². The van der Waals surface area contributed by atoms with Crippen LogP contribution in [0.25, 0.3) is 0 Å². The normalized spacial score (nSPS) is 6.29. The van der Waals surface area contributed by atoms with Gasteiger partial charge in [-0.2, -0.15) is 0 Å². The zero-order valence-electron chi connectivity index (χ0n) is 4.89. The monoisotopic (exact) mass is 116 g/mol. The van der Waals surface area contributed by atoms with Crippen LogP contribution < -0.4 is 0 Å². The number of hydrogen-bond acceptors (Lipinski definition) is 1. The van der Waals surface area contributed by atoms with Gasteiger partial charge in [-0.1, -0.05) is 22.4 Å². The van der Waals surface area contributed by atoms with Crippen LogP contribution in [0.3, 0.4) is 0 Å². The third-order valence-corrected chi connectivity index (χ3v) is 1.34. The summed E-state index contributed by atoms with van der Waals surface area (Å²) >= 11 is 0. The minimum atomic E-state index is 1.32. The van der Waals surface area contributed by atoms with Gasteiger partial charge in [0, 0.05) is 6.57 Å². The lowest BCUT2D eigenvalue weighted by Crippen LogP contribution is -1.59. The average molecular weight is 116 g/mol. The maximum absolute atomic E-state index is 6.50. The van der Waals surface area contributed by atoms with Crippen molar-refractivity contribution in [2.45, 2.75) is 13.8 Å². The summed E-state index contributed by atoms with van der Waals surface area (Å²) in [6.07, 6.45) is 2.63. The summed E-state index contributed by atoms with van der Waals surface area (Å²) in [4.78, 5) is 0. The zero-order chi connectivity index (χ0) is 6.12. The van der Waals surface area contributed by atoms with Crippen molar-refractivity contribution in [1.82, 2.24) is 0 Å². The van der Waals surface area contributed by atoms with Crippen LogP contribution in [-0.4, -0.2) is 12.3 Å². The third-order valence-electron chi connectivity index (χ3n) is 0.447. The van der Waals surface area contributed by atoms with Gasteiger partial charge in [0.05, 0.1) is 0 Å². The zero-order valence-corrected chi connectivity index (χ0v) is 5.78. The molecule has 0 fully saturated rings. The number of rotatable bonds is 2. The van der Waals surface area contributed by atoms with E-state index in [1.807, 2.05) is 0 Å². The first-order valence-corrected chi connectivity index (χ1v) is 3.57. The molecule has 1 nitrogen and oxygen atoms in total. The van der Waals surface area contributed by atoms with Crippen LogP contribution in [0.15, 0.2) is 0 Å². The maximum atomic E-state index is 6.50. The molecule has 0 aliphatic heterocycles. The van der Waals surface area contributed by atoms with Gasteiger partial charge >= 0.3 is 0 Å². The van der Waals surface area contributed by atoms with Crippen LogP contribution in [0.2, 0.25) is 0 Å². The predicted molar refractivity (Wildman–Crippen MR) is 34.7 cm³/mol. The van der Waals surface area contributed by atoms with E-state index in [0.717, 1.165) is 0 Å². The molecule has 0 bridgehead atoms. The van der Waals surface area contributed by atoms with Gasteiger partial charge in [-0.05, 0) is 12.3 Å². The van der Waals surface area contributed by atoms with Crippen molar-refractivity contribution in [3.63, 3.8) is 0 Å². The van der Waals surface area contributed by atoms with Gasteiger partial charge in [0.25, 0.3) is 0 Å². The molecule has 0 saturated heterocycles. The van der Waals surface area contributed by atoms with Crippen molar-refractivity contribution < 1.29 is 0 Å².